The Morgan fingerprint density at radius 3 is 2.46 bits per heavy atom. The minimum absolute atomic E-state index is 0. The van der Waals surface area contributed by atoms with E-state index in [-0.39, 0.29) is 34.7 Å². The Morgan fingerprint density at radius 1 is 1.25 bits per heavy atom. The molecule has 1 aromatic carbocycles. The van der Waals surface area contributed by atoms with Gasteiger partial charge in [-0.05, 0) is 37.8 Å². The lowest BCUT2D eigenvalue weighted by atomic mass is 9.92. The fourth-order valence-corrected chi connectivity index (χ4v) is 4.81. The molecule has 1 saturated heterocycles. The maximum atomic E-state index is 12.5. The summed E-state index contributed by atoms with van der Waals surface area (Å²) >= 11 is 0. The average Bonchev–Trinajstić information content (AvgIpc) is 2.97. The molecule has 3 N–H and O–H groups in total. The number of carbonyl (C=O) groups excluding carboxylic acids is 1. The zero-order valence-corrected chi connectivity index (χ0v) is 18.0. The van der Waals surface area contributed by atoms with Crippen molar-refractivity contribution in [2.75, 3.05) is 19.6 Å². The van der Waals surface area contributed by atoms with E-state index < -0.39 is 10.0 Å². The Bertz CT molecular complexity index is 844. The number of sulfonamides is 1. The summed E-state index contributed by atoms with van der Waals surface area (Å²) in [5, 5.41) is 3.00. The number of hydrogen-bond donors (Lipinski definition) is 2. The SMILES string of the molecule is CCC(N)(CC)CNC(=O)C1CCN(C2=NS(=O)(=O)c3ccccc32)CC1.Cl. The van der Waals surface area contributed by atoms with Crippen LogP contribution < -0.4 is 11.1 Å². The first kappa shape index (κ1) is 22.6. The minimum atomic E-state index is -3.61. The van der Waals surface area contributed by atoms with Crippen LogP contribution in [0.15, 0.2) is 33.6 Å². The number of piperidine rings is 1. The van der Waals surface area contributed by atoms with Crippen LogP contribution in [0.1, 0.15) is 45.1 Å². The third-order valence-electron chi connectivity index (χ3n) is 5.80. The highest BCUT2D eigenvalue weighted by molar-refractivity contribution is 7.90. The lowest BCUT2D eigenvalue weighted by Crippen LogP contribution is -2.51. The summed E-state index contributed by atoms with van der Waals surface area (Å²) in [6.07, 6.45) is 2.97. The van der Waals surface area contributed by atoms with Gasteiger partial charge in [-0.1, -0.05) is 26.0 Å². The number of nitrogens with two attached hydrogens (primary N) is 1. The van der Waals surface area contributed by atoms with E-state index in [9.17, 15) is 13.2 Å². The Labute approximate surface area is 173 Å². The smallest absolute Gasteiger partial charge is 0.285 e. The number of carbonyl (C=O) groups is 1. The third-order valence-corrected chi connectivity index (χ3v) is 7.13. The molecular weight excluding hydrogens is 400 g/mol. The Kier molecular flexibility index (Phi) is 7.12. The molecule has 3 rings (SSSR count). The van der Waals surface area contributed by atoms with Crippen molar-refractivity contribution in [3.05, 3.63) is 29.8 Å². The molecule has 0 saturated carbocycles. The molecule has 156 valence electrons. The van der Waals surface area contributed by atoms with E-state index >= 15 is 0 Å². The van der Waals surface area contributed by atoms with E-state index in [2.05, 4.69) is 9.71 Å². The number of amidine groups is 1. The molecule has 28 heavy (non-hydrogen) atoms. The quantitative estimate of drug-likeness (QED) is 0.745. The number of likely N-dealkylation sites (tertiary alicyclic amines) is 1. The molecule has 1 aromatic rings. The molecule has 0 spiro atoms. The summed E-state index contributed by atoms with van der Waals surface area (Å²) in [5.74, 6) is 0.461. The molecule has 1 amide bonds. The van der Waals surface area contributed by atoms with Crippen molar-refractivity contribution in [1.29, 1.82) is 0 Å². The number of halogens is 1. The lowest BCUT2D eigenvalue weighted by molar-refractivity contribution is -0.126. The molecule has 9 heteroatoms. The normalized spacial score (nSPS) is 18.8. The van der Waals surface area contributed by atoms with E-state index in [1.54, 1.807) is 18.2 Å². The second-order valence-electron chi connectivity index (χ2n) is 7.43. The van der Waals surface area contributed by atoms with Crippen molar-refractivity contribution >= 4 is 34.2 Å². The Hall–Kier alpha value is -1.64. The first-order valence-corrected chi connectivity index (χ1v) is 11.0. The molecule has 7 nitrogen and oxygen atoms in total. The molecule has 2 heterocycles. The van der Waals surface area contributed by atoms with Gasteiger partial charge in [-0.3, -0.25) is 4.79 Å². The number of rotatable bonds is 5. The van der Waals surface area contributed by atoms with Gasteiger partial charge >= 0.3 is 0 Å². The van der Waals surface area contributed by atoms with Crippen LogP contribution >= 0.6 is 12.4 Å². The number of benzene rings is 1. The maximum Gasteiger partial charge on any atom is 0.285 e. The molecular formula is C19H29ClN4O3S. The minimum Gasteiger partial charge on any atom is -0.355 e. The summed E-state index contributed by atoms with van der Waals surface area (Å²) in [5.41, 5.74) is 6.55. The summed E-state index contributed by atoms with van der Waals surface area (Å²) in [6.45, 7) is 5.76. The molecule has 2 aliphatic rings. The number of amides is 1. The Balaban J connectivity index is 0.00000280. The van der Waals surface area contributed by atoms with Crippen LogP contribution in [0.3, 0.4) is 0 Å². The van der Waals surface area contributed by atoms with Gasteiger partial charge in [0, 0.05) is 36.7 Å². The molecule has 0 radical (unpaired) electrons. The fourth-order valence-electron chi connectivity index (χ4n) is 3.58. The van der Waals surface area contributed by atoms with Crippen LogP contribution in [0.4, 0.5) is 0 Å². The molecule has 0 bridgehead atoms. The first-order valence-electron chi connectivity index (χ1n) is 9.55. The standard InChI is InChI=1S/C19H28N4O3S.ClH/c1-3-19(20,4-2)13-21-18(24)14-9-11-23(12-10-14)17-15-7-5-6-8-16(15)27(25,26)22-17;/h5-8,14H,3-4,9-13,20H2,1-2H3,(H,21,24);1H. The van der Waals surface area contributed by atoms with Gasteiger partial charge in [0.25, 0.3) is 10.0 Å². The highest BCUT2D eigenvalue weighted by atomic mass is 35.5. The topological polar surface area (TPSA) is 105 Å². The summed E-state index contributed by atoms with van der Waals surface area (Å²) in [6, 6.07) is 6.89. The van der Waals surface area contributed by atoms with Gasteiger partial charge in [-0.15, -0.1) is 16.8 Å². The average molecular weight is 429 g/mol. The van der Waals surface area contributed by atoms with Crippen LogP contribution in [0.25, 0.3) is 0 Å². The molecule has 0 unspecified atom stereocenters. The second-order valence-corrected chi connectivity index (χ2v) is 9.01. The number of fused-ring (bicyclic) bond motifs is 1. The summed E-state index contributed by atoms with van der Waals surface area (Å²) in [7, 11) is -3.61. The zero-order chi connectivity index (χ0) is 19.7. The number of hydrogen-bond acceptors (Lipinski definition) is 5. The predicted molar refractivity (Wildman–Crippen MR) is 112 cm³/mol. The van der Waals surface area contributed by atoms with Crippen molar-refractivity contribution in [2.45, 2.75) is 50.0 Å². The summed E-state index contributed by atoms with van der Waals surface area (Å²) in [4.78, 5) is 14.7. The first-order chi connectivity index (χ1) is 12.8. The van der Waals surface area contributed by atoms with Crippen molar-refractivity contribution < 1.29 is 13.2 Å². The van der Waals surface area contributed by atoms with Gasteiger partial charge in [-0.25, -0.2) is 0 Å². The van der Waals surface area contributed by atoms with Crippen LogP contribution in [0.2, 0.25) is 0 Å². The van der Waals surface area contributed by atoms with E-state index in [4.69, 9.17) is 5.73 Å². The third kappa shape index (κ3) is 4.50. The van der Waals surface area contributed by atoms with Gasteiger partial charge < -0.3 is 16.0 Å². The van der Waals surface area contributed by atoms with Crippen molar-refractivity contribution in [1.82, 2.24) is 10.2 Å². The van der Waals surface area contributed by atoms with Gasteiger partial charge in [-0.2, -0.15) is 8.42 Å². The van der Waals surface area contributed by atoms with Crippen molar-refractivity contribution in [2.24, 2.45) is 16.0 Å². The number of nitrogens with zero attached hydrogens (tertiary/aromatic N) is 2. The van der Waals surface area contributed by atoms with E-state index in [0.29, 0.717) is 43.9 Å². The predicted octanol–water partition coefficient (Wildman–Crippen LogP) is 1.90. The van der Waals surface area contributed by atoms with Crippen LogP contribution in [0, 0.1) is 5.92 Å². The second kappa shape index (κ2) is 8.80. The number of nitrogens with one attached hydrogen (secondary N) is 1. The Morgan fingerprint density at radius 2 is 1.86 bits per heavy atom. The van der Waals surface area contributed by atoms with E-state index in [1.807, 2.05) is 24.8 Å². The van der Waals surface area contributed by atoms with Crippen LogP contribution in [-0.2, 0) is 14.8 Å². The highest BCUT2D eigenvalue weighted by Crippen LogP contribution is 2.29. The van der Waals surface area contributed by atoms with Gasteiger partial charge in [0.1, 0.15) is 4.90 Å². The molecule has 0 aromatic heterocycles. The maximum absolute atomic E-state index is 12.5. The molecule has 0 aliphatic carbocycles. The lowest BCUT2D eigenvalue weighted by Gasteiger charge is -2.33. The van der Waals surface area contributed by atoms with Crippen LogP contribution in [0.5, 0.6) is 0 Å². The largest absolute Gasteiger partial charge is 0.355 e. The van der Waals surface area contributed by atoms with Crippen molar-refractivity contribution in [3.8, 4) is 0 Å². The van der Waals surface area contributed by atoms with E-state index in [0.717, 1.165) is 12.8 Å². The van der Waals surface area contributed by atoms with Crippen LogP contribution in [-0.4, -0.2) is 50.2 Å². The molecule has 1 fully saturated rings. The van der Waals surface area contributed by atoms with Gasteiger partial charge in [0.2, 0.25) is 5.91 Å². The van der Waals surface area contributed by atoms with Gasteiger partial charge in [0.15, 0.2) is 5.84 Å². The fraction of sp³-hybridized carbons (Fsp3) is 0.579. The monoisotopic (exact) mass is 428 g/mol. The van der Waals surface area contributed by atoms with Gasteiger partial charge in [0.05, 0.1) is 0 Å². The zero-order valence-electron chi connectivity index (χ0n) is 16.3. The van der Waals surface area contributed by atoms with Crippen molar-refractivity contribution in [3.63, 3.8) is 0 Å². The van der Waals surface area contributed by atoms with E-state index in [1.165, 1.54) is 0 Å². The molecule has 2 aliphatic heterocycles. The molecule has 0 atom stereocenters. The summed E-state index contributed by atoms with van der Waals surface area (Å²) < 4.78 is 28.4. The highest BCUT2D eigenvalue weighted by Gasteiger charge is 2.34.